The molecular formula is C24H32BNO3. The summed E-state index contributed by atoms with van der Waals surface area (Å²) in [5, 5.41) is 0. The van der Waals surface area contributed by atoms with Crippen LogP contribution in [0.4, 0.5) is 4.79 Å². The van der Waals surface area contributed by atoms with E-state index in [0.717, 1.165) is 42.2 Å². The minimum absolute atomic E-state index is 0.0777. The van der Waals surface area contributed by atoms with Gasteiger partial charge in [0.15, 0.2) is 0 Å². The molecule has 5 heteroatoms. The molecule has 4 aliphatic rings. The van der Waals surface area contributed by atoms with E-state index in [0.29, 0.717) is 0 Å². The van der Waals surface area contributed by atoms with Gasteiger partial charge >= 0.3 is 6.09 Å². The molecule has 4 unspecified atom stereocenters. The fraction of sp³-hybridized carbons (Fsp3) is 0.667. The Morgan fingerprint density at radius 3 is 2.59 bits per heavy atom. The van der Waals surface area contributed by atoms with Crippen LogP contribution in [0.15, 0.2) is 30.3 Å². The number of hydrogen-bond donors (Lipinski definition) is 0. The quantitative estimate of drug-likeness (QED) is 0.580. The second kappa shape index (κ2) is 7.48. The van der Waals surface area contributed by atoms with Crippen molar-refractivity contribution in [2.45, 2.75) is 82.3 Å². The maximum Gasteiger partial charge on any atom is 0.417 e. The molecule has 5 rings (SSSR count). The number of cyclic esters (lactones) is 1. The minimum Gasteiger partial charge on any atom is -0.446 e. The summed E-state index contributed by atoms with van der Waals surface area (Å²) in [5.41, 5.74) is 1.70. The van der Waals surface area contributed by atoms with Crippen LogP contribution in [0.25, 0.3) is 0 Å². The lowest BCUT2D eigenvalue weighted by Crippen LogP contribution is -2.50. The predicted molar refractivity (Wildman–Crippen MR) is 114 cm³/mol. The minimum atomic E-state index is -0.489. The van der Waals surface area contributed by atoms with Gasteiger partial charge in [-0.3, -0.25) is 4.79 Å². The lowest BCUT2D eigenvalue weighted by molar-refractivity contribution is -0.133. The maximum absolute atomic E-state index is 13.1. The van der Waals surface area contributed by atoms with Crippen LogP contribution in [-0.4, -0.2) is 30.2 Å². The van der Waals surface area contributed by atoms with Gasteiger partial charge in [-0.2, -0.15) is 0 Å². The number of carbonyl (C=O) groups excluding carboxylic acids is 2. The maximum atomic E-state index is 13.1. The molecule has 4 fully saturated rings. The van der Waals surface area contributed by atoms with E-state index in [2.05, 4.69) is 0 Å². The van der Waals surface area contributed by atoms with Crippen molar-refractivity contribution in [3.63, 3.8) is 0 Å². The molecule has 2 saturated carbocycles. The molecule has 2 saturated heterocycles. The van der Waals surface area contributed by atoms with Crippen LogP contribution in [0.1, 0.15) is 69.9 Å². The monoisotopic (exact) mass is 393 g/mol. The van der Waals surface area contributed by atoms with Gasteiger partial charge < -0.3 is 4.74 Å². The van der Waals surface area contributed by atoms with Gasteiger partial charge in [-0.25, -0.2) is 9.69 Å². The molecule has 1 aromatic carbocycles. The van der Waals surface area contributed by atoms with Crippen molar-refractivity contribution in [2.75, 3.05) is 6.61 Å². The van der Waals surface area contributed by atoms with Gasteiger partial charge in [0.05, 0.1) is 0 Å². The van der Waals surface area contributed by atoms with Gasteiger partial charge in [0.1, 0.15) is 19.4 Å². The van der Waals surface area contributed by atoms with E-state index in [1.54, 1.807) is 0 Å². The highest BCUT2D eigenvalue weighted by Gasteiger charge is 2.65. The highest BCUT2D eigenvalue weighted by molar-refractivity contribution is 6.66. The zero-order chi connectivity index (χ0) is 20.0. The molecule has 154 valence electrons. The Morgan fingerprint density at radius 2 is 1.90 bits per heavy atom. The van der Waals surface area contributed by atoms with Crippen LogP contribution in [0.3, 0.4) is 0 Å². The van der Waals surface area contributed by atoms with Crippen molar-refractivity contribution < 1.29 is 14.3 Å². The Balaban J connectivity index is 1.17. The molecule has 1 aromatic rings. The van der Waals surface area contributed by atoms with Gasteiger partial charge in [-0.1, -0.05) is 87.3 Å². The van der Waals surface area contributed by atoms with E-state index in [1.807, 2.05) is 37.3 Å². The van der Waals surface area contributed by atoms with Crippen molar-refractivity contribution in [3.05, 3.63) is 35.9 Å². The Labute approximate surface area is 174 Å². The summed E-state index contributed by atoms with van der Waals surface area (Å²) >= 11 is 0. The van der Waals surface area contributed by atoms with Crippen LogP contribution in [-0.2, 0) is 9.53 Å². The number of nitrogens with zero attached hydrogens (tertiary/aromatic N) is 1. The fourth-order valence-corrected chi connectivity index (χ4v) is 7.47. The zero-order valence-corrected chi connectivity index (χ0v) is 17.5. The summed E-state index contributed by atoms with van der Waals surface area (Å²) in [6.45, 7) is 3.14. The zero-order valence-electron chi connectivity index (χ0n) is 17.5. The van der Waals surface area contributed by atoms with Crippen LogP contribution in [0.5, 0.6) is 0 Å². The molecule has 0 bridgehead atoms. The average Bonchev–Trinajstić information content (AvgIpc) is 3.42. The highest BCUT2D eigenvalue weighted by atomic mass is 16.6. The van der Waals surface area contributed by atoms with Gasteiger partial charge in [0.25, 0.3) is 0 Å². The first-order valence-electron chi connectivity index (χ1n) is 11.7. The van der Waals surface area contributed by atoms with Gasteiger partial charge in [0, 0.05) is 5.92 Å². The molecular weight excluding hydrogens is 361 g/mol. The number of hydrogen-bond acceptors (Lipinski definition) is 3. The predicted octanol–water partition coefficient (Wildman–Crippen LogP) is 5.73. The van der Waals surface area contributed by atoms with Gasteiger partial charge in [-0.15, -0.1) is 0 Å². The molecule has 2 amide bonds. The van der Waals surface area contributed by atoms with E-state index in [1.165, 1.54) is 49.7 Å². The summed E-state index contributed by atoms with van der Waals surface area (Å²) in [7, 11) is 0. The van der Waals surface area contributed by atoms with Crippen LogP contribution in [0.2, 0.25) is 18.0 Å². The number of carbonyl (C=O) groups is 2. The molecule has 2 aliphatic heterocycles. The lowest BCUT2D eigenvalue weighted by atomic mass is 9.15. The summed E-state index contributed by atoms with van der Waals surface area (Å²) in [5.74, 6) is 1.73. The first kappa shape index (κ1) is 19.2. The van der Waals surface area contributed by atoms with E-state index in [4.69, 9.17) is 4.74 Å². The Bertz CT molecular complexity index is 762. The first-order valence-corrected chi connectivity index (χ1v) is 11.7. The molecule has 0 aromatic heterocycles. The number of imide groups is 1. The Hall–Kier alpha value is -1.78. The smallest absolute Gasteiger partial charge is 0.417 e. The SMILES string of the molecule is CC(CCCB1C2CCCC23CCCC13)C(=O)N1C(=O)OCC1c1ccccc1. The summed E-state index contributed by atoms with van der Waals surface area (Å²) in [6.07, 6.45) is 11.4. The van der Waals surface area contributed by atoms with Crippen molar-refractivity contribution in [1.82, 2.24) is 4.90 Å². The molecule has 0 N–H and O–H groups in total. The second-order valence-electron chi connectivity index (χ2n) is 9.94. The first-order chi connectivity index (χ1) is 14.1. The standard InChI is InChI=1S/C24H32BNO3/c1-17(8-7-15-25-20-11-5-13-24(20)14-6-12-21(24)25)22(27)26-19(16-29-23(26)28)18-9-3-2-4-10-18/h2-4,9-10,17,19-21H,5-8,11-16H2,1H3. The molecule has 1 spiro atoms. The largest absolute Gasteiger partial charge is 0.446 e. The van der Waals surface area contributed by atoms with Crippen molar-refractivity contribution in [3.8, 4) is 0 Å². The summed E-state index contributed by atoms with van der Waals surface area (Å²) < 4.78 is 5.23. The molecule has 29 heavy (non-hydrogen) atoms. The van der Waals surface area contributed by atoms with Crippen molar-refractivity contribution in [2.24, 2.45) is 11.3 Å². The third-order valence-corrected chi connectivity index (χ3v) is 8.72. The Morgan fingerprint density at radius 1 is 1.21 bits per heavy atom. The molecule has 4 nitrogen and oxygen atoms in total. The topological polar surface area (TPSA) is 46.6 Å². The number of amides is 2. The highest BCUT2D eigenvalue weighted by Crippen LogP contribution is 2.75. The number of ether oxygens (including phenoxy) is 1. The van der Waals surface area contributed by atoms with E-state index < -0.39 is 6.09 Å². The normalized spacial score (nSPS) is 33.8. The number of benzene rings is 1. The number of rotatable bonds is 6. The van der Waals surface area contributed by atoms with Crippen molar-refractivity contribution >= 4 is 18.7 Å². The van der Waals surface area contributed by atoms with Gasteiger partial charge in [0.2, 0.25) is 5.91 Å². The van der Waals surface area contributed by atoms with E-state index in [9.17, 15) is 9.59 Å². The second-order valence-corrected chi connectivity index (χ2v) is 9.94. The molecule has 4 atom stereocenters. The van der Waals surface area contributed by atoms with E-state index in [-0.39, 0.29) is 24.5 Å². The summed E-state index contributed by atoms with van der Waals surface area (Å²) in [4.78, 5) is 26.7. The third kappa shape index (κ3) is 3.03. The third-order valence-electron chi connectivity index (χ3n) is 8.72. The Kier molecular flexibility index (Phi) is 4.95. The van der Waals surface area contributed by atoms with Crippen LogP contribution >= 0.6 is 0 Å². The molecule has 0 radical (unpaired) electrons. The van der Waals surface area contributed by atoms with E-state index >= 15 is 0 Å². The van der Waals surface area contributed by atoms with Crippen molar-refractivity contribution in [1.29, 1.82) is 0 Å². The van der Waals surface area contributed by atoms with Gasteiger partial charge in [-0.05, 0) is 30.2 Å². The van der Waals surface area contributed by atoms with Crippen LogP contribution in [0, 0.1) is 11.3 Å². The average molecular weight is 393 g/mol. The van der Waals surface area contributed by atoms with Crippen LogP contribution < -0.4 is 0 Å². The fourth-order valence-electron chi connectivity index (χ4n) is 7.47. The lowest BCUT2D eigenvalue weighted by Gasteiger charge is -2.55. The summed E-state index contributed by atoms with van der Waals surface area (Å²) in [6, 6.07) is 9.46. The molecule has 2 aliphatic carbocycles. The molecule has 2 heterocycles.